The van der Waals surface area contributed by atoms with Crippen LogP contribution in [0.4, 0.5) is 26.3 Å². The van der Waals surface area contributed by atoms with E-state index in [0.29, 0.717) is 16.1 Å². The first-order valence-corrected chi connectivity index (χ1v) is 11.3. The summed E-state index contributed by atoms with van der Waals surface area (Å²) < 4.78 is 104. The number of halogens is 7. The highest BCUT2D eigenvalue weighted by Crippen LogP contribution is 2.35. The Hall–Kier alpha value is -3.25. The van der Waals surface area contributed by atoms with E-state index >= 15 is 0 Å². The lowest BCUT2D eigenvalue weighted by molar-refractivity contribution is -0.137. The van der Waals surface area contributed by atoms with Gasteiger partial charge in [0.1, 0.15) is 5.75 Å². The number of nitrogens with two attached hydrogens (primary N) is 1. The van der Waals surface area contributed by atoms with E-state index in [2.05, 4.69) is 9.28 Å². The Labute approximate surface area is 200 Å². The third-order valence-electron chi connectivity index (χ3n) is 4.80. The van der Waals surface area contributed by atoms with Crippen LogP contribution in [-0.2, 0) is 16.3 Å². The molecule has 186 valence electrons. The molecule has 0 bridgehead atoms. The van der Waals surface area contributed by atoms with Gasteiger partial charge in [-0.25, -0.2) is 0 Å². The van der Waals surface area contributed by atoms with E-state index in [1.807, 2.05) is 0 Å². The molecule has 0 fully saturated rings. The highest BCUT2D eigenvalue weighted by molar-refractivity contribution is 7.88. The number of hydrogen-bond acceptors (Lipinski definition) is 5. The van der Waals surface area contributed by atoms with Gasteiger partial charge in [-0.3, -0.25) is 0 Å². The summed E-state index contributed by atoms with van der Waals surface area (Å²) in [6.45, 7) is 0. The first-order valence-electron chi connectivity index (χ1n) is 9.54. The zero-order valence-corrected chi connectivity index (χ0v) is 18.9. The molecule has 0 radical (unpaired) electrons. The Balaban J connectivity index is 2.09. The number of hydrazone groups is 1. The van der Waals surface area contributed by atoms with Crippen LogP contribution in [0.3, 0.4) is 0 Å². The zero-order valence-electron chi connectivity index (χ0n) is 17.3. The maximum Gasteiger partial charge on any atom is 0.534 e. The maximum absolute atomic E-state index is 13.3. The van der Waals surface area contributed by atoms with Gasteiger partial charge in [0.2, 0.25) is 0 Å². The van der Waals surface area contributed by atoms with Crippen molar-refractivity contribution in [1.29, 1.82) is 0 Å². The van der Waals surface area contributed by atoms with Crippen LogP contribution in [0.5, 0.6) is 5.75 Å². The quantitative estimate of drug-likeness (QED) is 0.103. The van der Waals surface area contributed by atoms with E-state index in [1.165, 1.54) is 36.4 Å². The van der Waals surface area contributed by atoms with Gasteiger partial charge in [0.15, 0.2) is 0 Å². The number of alkyl halides is 6. The highest BCUT2D eigenvalue weighted by Gasteiger charge is 2.48. The summed E-state index contributed by atoms with van der Waals surface area (Å²) in [7, 11) is -5.89. The lowest BCUT2D eigenvalue weighted by Gasteiger charge is -2.21. The summed E-state index contributed by atoms with van der Waals surface area (Å²) in [5.41, 5.74) is -5.69. The normalized spacial score (nSPS) is 14.0. The number of benzene rings is 3. The topological polar surface area (TPSA) is 81.8 Å². The van der Waals surface area contributed by atoms with Crippen molar-refractivity contribution in [2.24, 2.45) is 10.9 Å². The molecule has 3 rings (SSSR count). The zero-order chi connectivity index (χ0) is 26.0. The molecule has 2 N–H and O–H groups in total. The minimum Gasteiger partial charge on any atom is -0.376 e. The third-order valence-corrected chi connectivity index (χ3v) is 6.04. The Kier molecular flexibility index (Phi) is 7.37. The van der Waals surface area contributed by atoms with Crippen LogP contribution in [0.1, 0.15) is 28.2 Å². The van der Waals surface area contributed by atoms with Crippen molar-refractivity contribution in [1.82, 2.24) is 0 Å². The van der Waals surface area contributed by atoms with Gasteiger partial charge in [0.25, 0.3) is 0 Å². The second-order valence-corrected chi connectivity index (χ2v) is 9.10. The molecule has 1 atom stereocenters. The van der Waals surface area contributed by atoms with E-state index in [4.69, 9.17) is 17.4 Å². The Morgan fingerprint density at radius 2 is 1.43 bits per heavy atom. The molecule has 0 aromatic heterocycles. The minimum atomic E-state index is -5.89. The van der Waals surface area contributed by atoms with Gasteiger partial charge in [-0.1, -0.05) is 48.0 Å². The molecular weight excluding hydrogens is 522 g/mol. The van der Waals surface area contributed by atoms with Crippen molar-refractivity contribution < 1.29 is 38.9 Å². The predicted molar refractivity (Wildman–Crippen MR) is 118 cm³/mol. The largest absolute Gasteiger partial charge is 0.534 e. The van der Waals surface area contributed by atoms with Crippen molar-refractivity contribution in [2.45, 2.75) is 17.6 Å². The second-order valence-electron chi connectivity index (χ2n) is 7.13. The van der Waals surface area contributed by atoms with Crippen molar-refractivity contribution in [3.05, 3.63) is 100 Å². The Morgan fingerprint density at radius 1 is 0.886 bits per heavy atom. The van der Waals surface area contributed by atoms with Crippen molar-refractivity contribution in [3.63, 3.8) is 0 Å². The molecule has 3 aromatic carbocycles. The molecular formula is C22H15ClF6N2O3S. The monoisotopic (exact) mass is 536 g/mol. The van der Waals surface area contributed by atoms with E-state index < -0.39 is 39.0 Å². The molecule has 35 heavy (non-hydrogen) atoms. The maximum atomic E-state index is 13.3. The summed E-state index contributed by atoms with van der Waals surface area (Å²) in [5.74, 6) is 4.07. The third kappa shape index (κ3) is 6.06. The van der Waals surface area contributed by atoms with Crippen LogP contribution in [-0.4, -0.2) is 19.6 Å². The average Bonchev–Trinajstić information content (AvgIpc) is 2.77. The van der Waals surface area contributed by atoms with Crippen molar-refractivity contribution in [2.75, 3.05) is 0 Å². The molecule has 0 aliphatic rings. The molecule has 5 nitrogen and oxygen atoms in total. The molecule has 0 saturated heterocycles. The number of nitrogens with zero attached hydrogens (tertiary/aromatic N) is 1. The molecule has 3 aromatic rings. The van der Waals surface area contributed by atoms with Crippen molar-refractivity contribution >= 4 is 27.4 Å². The van der Waals surface area contributed by atoms with Gasteiger partial charge in [-0.2, -0.15) is 39.9 Å². The number of hydrogen-bond donors (Lipinski definition) is 1. The molecule has 0 amide bonds. The van der Waals surface area contributed by atoms with E-state index in [-0.39, 0.29) is 11.3 Å². The lowest BCUT2D eigenvalue weighted by atomic mass is 9.84. The van der Waals surface area contributed by atoms with Crippen molar-refractivity contribution in [3.8, 4) is 5.75 Å². The number of rotatable bonds is 6. The summed E-state index contributed by atoms with van der Waals surface area (Å²) in [4.78, 5) is 0. The fraction of sp³-hybridized carbons (Fsp3) is 0.136. The lowest BCUT2D eigenvalue weighted by Crippen LogP contribution is -2.28. The Morgan fingerprint density at radius 3 is 1.91 bits per heavy atom. The van der Waals surface area contributed by atoms with Crippen LogP contribution in [0, 0.1) is 0 Å². The molecule has 0 spiro atoms. The molecule has 1 unspecified atom stereocenters. The summed E-state index contributed by atoms with van der Waals surface area (Å²) in [5, 5.41) is 4.09. The minimum absolute atomic E-state index is 0.00926. The van der Waals surface area contributed by atoms with E-state index in [1.54, 1.807) is 12.1 Å². The van der Waals surface area contributed by atoms with E-state index in [9.17, 15) is 34.8 Å². The van der Waals surface area contributed by atoms with E-state index in [0.717, 1.165) is 24.3 Å². The van der Waals surface area contributed by atoms with Crippen LogP contribution >= 0.6 is 11.6 Å². The summed E-state index contributed by atoms with van der Waals surface area (Å²) in [6.07, 6.45) is -4.63. The summed E-state index contributed by atoms with van der Waals surface area (Å²) in [6, 6.07) is 14.9. The SMILES string of the molecule is NN=C(c1cccc(C(F)(F)F)c1)C(c1ccc(Cl)cc1)c1ccc(OS(=O)(=O)C(F)(F)F)cc1. The predicted octanol–water partition coefficient (Wildman–Crippen LogP) is 6.08. The Bertz CT molecular complexity index is 1320. The summed E-state index contributed by atoms with van der Waals surface area (Å²) >= 11 is 5.94. The first kappa shape index (κ1) is 26.4. The smallest absolute Gasteiger partial charge is 0.376 e. The van der Waals surface area contributed by atoms with Gasteiger partial charge in [0, 0.05) is 5.02 Å². The van der Waals surface area contributed by atoms with Gasteiger partial charge in [-0.15, -0.1) is 0 Å². The second kappa shape index (κ2) is 9.78. The molecule has 13 heteroatoms. The average molecular weight is 537 g/mol. The molecule has 0 saturated carbocycles. The van der Waals surface area contributed by atoms with Gasteiger partial charge in [-0.05, 0) is 53.1 Å². The first-order chi connectivity index (χ1) is 16.2. The van der Waals surface area contributed by atoms with Gasteiger partial charge < -0.3 is 10.0 Å². The van der Waals surface area contributed by atoms with Gasteiger partial charge >= 0.3 is 21.8 Å². The highest BCUT2D eigenvalue weighted by atomic mass is 35.5. The fourth-order valence-corrected chi connectivity index (χ4v) is 3.81. The van der Waals surface area contributed by atoms with Crippen LogP contribution in [0.2, 0.25) is 5.02 Å². The fourth-order valence-electron chi connectivity index (χ4n) is 3.22. The van der Waals surface area contributed by atoms with Crippen LogP contribution in [0.25, 0.3) is 0 Å². The van der Waals surface area contributed by atoms with Crippen LogP contribution in [0.15, 0.2) is 77.9 Å². The molecule has 0 aliphatic carbocycles. The van der Waals surface area contributed by atoms with Crippen LogP contribution < -0.4 is 10.0 Å². The molecule has 0 heterocycles. The molecule has 0 aliphatic heterocycles. The van der Waals surface area contributed by atoms with Gasteiger partial charge in [0.05, 0.1) is 17.2 Å². The standard InChI is InChI=1S/C22H15ClF6N2O3S/c23-17-8-4-13(5-9-17)19(20(31-30)15-2-1-3-16(12-15)21(24,25)26)14-6-10-18(11-7-14)34-35(32,33)22(27,28)29/h1-12,19H,30H2.